The Labute approximate surface area is 95.8 Å². The third kappa shape index (κ3) is 2.19. The summed E-state index contributed by atoms with van der Waals surface area (Å²) in [4.78, 5) is 0. The van der Waals surface area contributed by atoms with E-state index in [0.29, 0.717) is 11.7 Å². The van der Waals surface area contributed by atoms with E-state index >= 15 is 0 Å². The van der Waals surface area contributed by atoms with E-state index in [1.54, 1.807) is 13.2 Å². The van der Waals surface area contributed by atoms with Crippen molar-refractivity contribution >= 4 is 0 Å². The van der Waals surface area contributed by atoms with Crippen molar-refractivity contribution in [3.63, 3.8) is 0 Å². The fourth-order valence-electron chi connectivity index (χ4n) is 2.37. The number of aryl methyl sites for hydroxylation is 1. The number of methoxy groups -OCH3 is 1. The molecule has 1 aliphatic rings. The van der Waals surface area contributed by atoms with Gasteiger partial charge < -0.3 is 10.1 Å². The second-order valence-corrected chi connectivity index (χ2v) is 4.44. The molecule has 1 atom stereocenters. The maximum Gasteiger partial charge on any atom is 0.130 e. The monoisotopic (exact) mass is 223 g/mol. The van der Waals surface area contributed by atoms with E-state index in [9.17, 15) is 4.39 Å². The highest BCUT2D eigenvalue weighted by Crippen LogP contribution is 2.29. The molecular weight excluding hydrogens is 205 g/mol. The molecule has 1 heterocycles. The SMILES string of the molecule is COc1c(C)ccc(F)c1CC1CCNC1. The Morgan fingerprint density at radius 2 is 2.31 bits per heavy atom. The summed E-state index contributed by atoms with van der Waals surface area (Å²) in [7, 11) is 1.61. The van der Waals surface area contributed by atoms with Gasteiger partial charge in [0, 0.05) is 5.56 Å². The largest absolute Gasteiger partial charge is 0.496 e. The van der Waals surface area contributed by atoms with Gasteiger partial charge in [-0.05, 0) is 50.4 Å². The highest BCUT2D eigenvalue weighted by atomic mass is 19.1. The third-order valence-electron chi connectivity index (χ3n) is 3.26. The Morgan fingerprint density at radius 3 is 2.94 bits per heavy atom. The minimum atomic E-state index is -0.144. The van der Waals surface area contributed by atoms with Gasteiger partial charge in [0.15, 0.2) is 0 Å². The van der Waals surface area contributed by atoms with Crippen LogP contribution < -0.4 is 10.1 Å². The lowest BCUT2D eigenvalue weighted by molar-refractivity contribution is 0.395. The van der Waals surface area contributed by atoms with E-state index in [1.807, 2.05) is 6.92 Å². The predicted octanol–water partition coefficient (Wildman–Crippen LogP) is 2.29. The zero-order valence-corrected chi connectivity index (χ0v) is 9.85. The summed E-state index contributed by atoms with van der Waals surface area (Å²) in [5.41, 5.74) is 1.74. The smallest absolute Gasteiger partial charge is 0.130 e. The minimum Gasteiger partial charge on any atom is -0.496 e. The van der Waals surface area contributed by atoms with Gasteiger partial charge in [0.2, 0.25) is 0 Å². The molecule has 3 heteroatoms. The molecule has 0 saturated carbocycles. The molecule has 2 nitrogen and oxygen atoms in total. The molecule has 88 valence electrons. The molecule has 1 aliphatic heterocycles. The van der Waals surface area contributed by atoms with Gasteiger partial charge in [-0.15, -0.1) is 0 Å². The van der Waals surface area contributed by atoms with Gasteiger partial charge in [-0.2, -0.15) is 0 Å². The van der Waals surface area contributed by atoms with E-state index in [2.05, 4.69) is 5.32 Å². The number of ether oxygens (including phenoxy) is 1. The molecule has 1 aromatic rings. The molecule has 0 radical (unpaired) electrons. The summed E-state index contributed by atoms with van der Waals surface area (Å²) in [5.74, 6) is 1.10. The number of halogens is 1. The molecule has 2 rings (SSSR count). The van der Waals surface area contributed by atoms with Gasteiger partial charge in [0.25, 0.3) is 0 Å². The van der Waals surface area contributed by atoms with Gasteiger partial charge in [0.05, 0.1) is 7.11 Å². The zero-order chi connectivity index (χ0) is 11.5. The van der Waals surface area contributed by atoms with Gasteiger partial charge in [-0.1, -0.05) is 6.07 Å². The third-order valence-corrected chi connectivity index (χ3v) is 3.26. The average molecular weight is 223 g/mol. The molecule has 1 saturated heterocycles. The molecule has 0 amide bonds. The minimum absolute atomic E-state index is 0.144. The Bertz CT molecular complexity index is 372. The summed E-state index contributed by atoms with van der Waals surface area (Å²) in [5, 5.41) is 3.30. The fraction of sp³-hybridized carbons (Fsp3) is 0.538. The van der Waals surface area contributed by atoms with Gasteiger partial charge in [0.1, 0.15) is 11.6 Å². The van der Waals surface area contributed by atoms with Crippen LogP contribution >= 0.6 is 0 Å². The van der Waals surface area contributed by atoms with Crippen molar-refractivity contribution in [3.05, 3.63) is 29.1 Å². The number of hydrogen-bond acceptors (Lipinski definition) is 2. The van der Waals surface area contributed by atoms with Crippen molar-refractivity contribution in [1.29, 1.82) is 0 Å². The number of nitrogens with one attached hydrogen (secondary N) is 1. The Morgan fingerprint density at radius 1 is 1.50 bits per heavy atom. The highest BCUT2D eigenvalue weighted by Gasteiger charge is 2.20. The van der Waals surface area contributed by atoms with E-state index in [4.69, 9.17) is 4.74 Å². The van der Waals surface area contributed by atoms with Gasteiger partial charge >= 0.3 is 0 Å². The van der Waals surface area contributed by atoms with Crippen molar-refractivity contribution in [2.75, 3.05) is 20.2 Å². The topological polar surface area (TPSA) is 21.3 Å². The van der Waals surface area contributed by atoms with Crippen LogP contribution in [0, 0.1) is 18.7 Å². The van der Waals surface area contributed by atoms with Crippen LogP contribution in [0.2, 0.25) is 0 Å². The summed E-state index contributed by atoms with van der Waals surface area (Å²) in [6.45, 7) is 3.98. The van der Waals surface area contributed by atoms with E-state index in [-0.39, 0.29) is 5.82 Å². The number of rotatable bonds is 3. The summed E-state index contributed by atoms with van der Waals surface area (Å²) in [6.07, 6.45) is 1.89. The molecule has 16 heavy (non-hydrogen) atoms. The Balaban J connectivity index is 2.26. The van der Waals surface area contributed by atoms with Crippen LogP contribution in [0.15, 0.2) is 12.1 Å². The highest BCUT2D eigenvalue weighted by molar-refractivity contribution is 5.42. The molecule has 0 aliphatic carbocycles. The first-order valence-corrected chi connectivity index (χ1v) is 5.75. The van der Waals surface area contributed by atoms with Gasteiger partial charge in [-0.3, -0.25) is 0 Å². The van der Waals surface area contributed by atoms with Crippen molar-refractivity contribution in [2.24, 2.45) is 5.92 Å². The van der Waals surface area contributed by atoms with E-state index in [1.165, 1.54) is 6.07 Å². The lowest BCUT2D eigenvalue weighted by atomic mass is 9.96. The second-order valence-electron chi connectivity index (χ2n) is 4.44. The van der Waals surface area contributed by atoms with Crippen molar-refractivity contribution in [3.8, 4) is 5.75 Å². The summed E-state index contributed by atoms with van der Waals surface area (Å²) in [6, 6.07) is 3.31. The quantitative estimate of drug-likeness (QED) is 0.849. The molecule has 1 N–H and O–H groups in total. The standard InChI is InChI=1S/C13H18FNO/c1-9-3-4-12(14)11(13(9)16-2)7-10-5-6-15-8-10/h3-4,10,15H,5-8H2,1-2H3. The normalized spacial score (nSPS) is 20.1. The number of hydrogen-bond donors (Lipinski definition) is 1. The maximum atomic E-state index is 13.8. The van der Waals surface area contributed by atoms with E-state index < -0.39 is 0 Å². The van der Waals surface area contributed by atoms with Crippen LogP contribution in [0.25, 0.3) is 0 Å². The number of benzene rings is 1. The van der Waals surface area contributed by atoms with Crippen LogP contribution in [0.5, 0.6) is 5.75 Å². The van der Waals surface area contributed by atoms with E-state index in [0.717, 1.165) is 37.1 Å². The molecule has 1 aromatic carbocycles. The van der Waals surface area contributed by atoms with Crippen molar-refractivity contribution < 1.29 is 9.13 Å². The van der Waals surface area contributed by atoms with Crippen LogP contribution in [-0.4, -0.2) is 20.2 Å². The lowest BCUT2D eigenvalue weighted by Gasteiger charge is -2.15. The van der Waals surface area contributed by atoms with Gasteiger partial charge in [-0.25, -0.2) is 4.39 Å². The predicted molar refractivity (Wildman–Crippen MR) is 62.4 cm³/mol. The lowest BCUT2D eigenvalue weighted by Crippen LogP contribution is -2.12. The summed E-state index contributed by atoms with van der Waals surface area (Å²) >= 11 is 0. The molecule has 1 unspecified atom stereocenters. The van der Waals surface area contributed by atoms with Crippen LogP contribution in [0.1, 0.15) is 17.5 Å². The van der Waals surface area contributed by atoms with Crippen molar-refractivity contribution in [2.45, 2.75) is 19.8 Å². The molecular formula is C13H18FNO. The van der Waals surface area contributed by atoms with Crippen LogP contribution in [0.4, 0.5) is 4.39 Å². The van der Waals surface area contributed by atoms with Crippen molar-refractivity contribution in [1.82, 2.24) is 5.32 Å². The average Bonchev–Trinajstić information content (AvgIpc) is 2.77. The second kappa shape index (κ2) is 4.83. The maximum absolute atomic E-state index is 13.8. The Hall–Kier alpha value is -1.09. The molecule has 1 fully saturated rings. The van der Waals surface area contributed by atoms with Crippen LogP contribution in [-0.2, 0) is 6.42 Å². The van der Waals surface area contributed by atoms with Crippen LogP contribution in [0.3, 0.4) is 0 Å². The molecule has 0 aromatic heterocycles. The first-order valence-electron chi connectivity index (χ1n) is 5.75. The summed E-state index contributed by atoms with van der Waals surface area (Å²) < 4.78 is 19.1. The molecule has 0 spiro atoms. The fourth-order valence-corrected chi connectivity index (χ4v) is 2.37. The molecule has 0 bridgehead atoms. The first kappa shape index (κ1) is 11.4. The zero-order valence-electron chi connectivity index (χ0n) is 9.85. The first-order chi connectivity index (χ1) is 7.72. The Kier molecular flexibility index (Phi) is 3.44.